The summed E-state index contributed by atoms with van der Waals surface area (Å²) in [7, 11) is -4.87. The van der Waals surface area contributed by atoms with Crippen molar-refractivity contribution in [2.45, 2.75) is 11.1 Å². The number of phenolic OH excluding ortho intramolecular Hbond substituents is 1. The van der Waals surface area contributed by atoms with Gasteiger partial charge >= 0.3 is 41.8 Å². The summed E-state index contributed by atoms with van der Waals surface area (Å²) >= 11 is 0. The first-order valence-corrected chi connectivity index (χ1v) is 12.1. The fraction of sp³-hybridized carbons (Fsp3) is 0.0400. The topological polar surface area (TPSA) is 148 Å². The van der Waals surface area contributed by atoms with Crippen molar-refractivity contribution in [2.75, 3.05) is 16.0 Å². The molecule has 4 rings (SSSR count). The molecule has 4 aromatic carbocycles. The predicted molar refractivity (Wildman–Crippen MR) is 132 cm³/mol. The van der Waals surface area contributed by atoms with E-state index in [1.807, 2.05) is 0 Å². The molecule has 14 heteroatoms. The second kappa shape index (κ2) is 11.6. The van der Waals surface area contributed by atoms with Crippen molar-refractivity contribution >= 4 is 49.9 Å². The summed E-state index contributed by atoms with van der Waals surface area (Å²) in [6.45, 7) is 0. The number of hydrogen-bond donors (Lipinski definition) is 4. The zero-order valence-electron chi connectivity index (χ0n) is 20.0. The molecule has 0 atom stereocenters. The number of benzene rings is 4. The van der Waals surface area contributed by atoms with E-state index < -0.39 is 38.7 Å². The number of carbonyl (C=O) groups is 2. The summed E-state index contributed by atoms with van der Waals surface area (Å²) in [6, 6.07) is 14.9. The Labute approximate surface area is 242 Å². The van der Waals surface area contributed by atoms with Gasteiger partial charge in [0.1, 0.15) is 15.9 Å². The average molecular weight is 567 g/mol. The van der Waals surface area contributed by atoms with Crippen LogP contribution in [0, 0.1) is 0 Å². The Morgan fingerprint density at radius 2 is 1.44 bits per heavy atom. The van der Waals surface area contributed by atoms with Gasteiger partial charge < -0.3 is 25.6 Å². The number of rotatable bonds is 5. The normalized spacial score (nSPS) is 11.4. The number of nitrogens with one attached hydrogen (secondary N) is 3. The van der Waals surface area contributed by atoms with Crippen LogP contribution < -0.4 is 45.5 Å². The van der Waals surface area contributed by atoms with Gasteiger partial charge in [-0.25, -0.2) is 13.2 Å². The fourth-order valence-electron chi connectivity index (χ4n) is 3.68. The summed E-state index contributed by atoms with van der Waals surface area (Å²) < 4.78 is 73.5. The maximum atomic E-state index is 12.9. The van der Waals surface area contributed by atoms with Crippen LogP contribution in [-0.4, -0.2) is 30.0 Å². The van der Waals surface area contributed by atoms with Crippen LogP contribution in [0.4, 0.5) is 35.0 Å². The number of phenols is 1. The molecule has 0 unspecified atom stereocenters. The minimum absolute atomic E-state index is 0. The van der Waals surface area contributed by atoms with Gasteiger partial charge in [0.15, 0.2) is 0 Å². The van der Waals surface area contributed by atoms with Gasteiger partial charge in [-0.3, -0.25) is 4.79 Å². The van der Waals surface area contributed by atoms with E-state index in [1.165, 1.54) is 48.5 Å². The van der Waals surface area contributed by atoms with Crippen LogP contribution in [0.5, 0.6) is 5.75 Å². The number of amides is 3. The van der Waals surface area contributed by atoms with E-state index in [0.29, 0.717) is 0 Å². The number of fused-ring (bicyclic) bond motifs is 1. The molecule has 196 valence electrons. The van der Waals surface area contributed by atoms with Gasteiger partial charge in [-0.15, -0.1) is 0 Å². The van der Waals surface area contributed by atoms with Crippen LogP contribution in [0.15, 0.2) is 83.8 Å². The Hall–Kier alpha value is -3.62. The molecule has 0 spiro atoms. The molecule has 9 nitrogen and oxygen atoms in total. The van der Waals surface area contributed by atoms with Crippen molar-refractivity contribution in [1.82, 2.24) is 0 Å². The number of alkyl halides is 3. The van der Waals surface area contributed by atoms with Crippen molar-refractivity contribution in [3.63, 3.8) is 0 Å². The molecular formula is C25H17F3N3NaO6S. The van der Waals surface area contributed by atoms with E-state index >= 15 is 0 Å². The number of hydrogen-bond acceptors (Lipinski definition) is 6. The molecule has 0 fully saturated rings. The van der Waals surface area contributed by atoms with Crippen molar-refractivity contribution in [3.8, 4) is 5.75 Å². The zero-order chi connectivity index (χ0) is 27.7. The standard InChI is InChI=1S/C25H18F3N3O6S.Na/c26-25(27,28)15-5-2-7-17(13-15)30-24(34)29-16-6-1-4-14(12-16)23(33)31-19-10-11-21(38(35,36)37)18-8-3-9-20(32)22(18)19;/h1-13,32H,(H,31,33)(H2,29,30,34)(H,35,36,37);/q;+1/p-1. The Morgan fingerprint density at radius 3 is 2.08 bits per heavy atom. The first kappa shape index (κ1) is 29.9. The number of anilines is 3. The van der Waals surface area contributed by atoms with Crippen LogP contribution in [0.3, 0.4) is 0 Å². The average Bonchev–Trinajstić information content (AvgIpc) is 2.83. The predicted octanol–water partition coefficient (Wildman–Crippen LogP) is 2.37. The molecular weight excluding hydrogens is 550 g/mol. The number of urea groups is 1. The number of aromatic hydroxyl groups is 1. The maximum absolute atomic E-state index is 12.9. The van der Waals surface area contributed by atoms with Gasteiger partial charge in [-0.2, -0.15) is 13.2 Å². The Morgan fingerprint density at radius 1 is 0.821 bits per heavy atom. The minimum atomic E-state index is -4.87. The SMILES string of the molecule is O=C(Nc1cccc(C(=O)Nc2ccc(S(=O)(=O)[O-])c3cccc(O)c23)c1)Nc1cccc(C(F)(F)F)c1.[Na+]. The maximum Gasteiger partial charge on any atom is 1.00 e. The molecule has 39 heavy (non-hydrogen) atoms. The quantitative estimate of drug-likeness (QED) is 0.215. The molecule has 0 aliphatic heterocycles. The Bertz CT molecular complexity index is 1680. The molecule has 0 saturated carbocycles. The molecule has 0 radical (unpaired) electrons. The molecule has 0 aliphatic rings. The Balaban J connectivity index is 0.00000420. The van der Waals surface area contributed by atoms with Crippen LogP contribution in [0.2, 0.25) is 0 Å². The molecule has 4 N–H and O–H groups in total. The summed E-state index contributed by atoms with van der Waals surface area (Å²) in [5, 5.41) is 17.4. The van der Waals surface area contributed by atoms with E-state index in [2.05, 4.69) is 16.0 Å². The van der Waals surface area contributed by atoms with Crippen molar-refractivity contribution in [2.24, 2.45) is 0 Å². The molecule has 0 aromatic heterocycles. The van der Waals surface area contributed by atoms with Crippen molar-refractivity contribution < 1.29 is 70.4 Å². The smallest absolute Gasteiger partial charge is 0.744 e. The van der Waals surface area contributed by atoms with E-state index in [4.69, 9.17) is 0 Å². The largest absolute Gasteiger partial charge is 1.00 e. The van der Waals surface area contributed by atoms with Gasteiger partial charge in [-0.05, 0) is 54.6 Å². The number of halogens is 3. The Kier molecular flexibility index (Phi) is 8.93. The van der Waals surface area contributed by atoms with E-state index in [-0.39, 0.29) is 68.7 Å². The van der Waals surface area contributed by atoms with Gasteiger partial charge in [0, 0.05) is 27.7 Å². The van der Waals surface area contributed by atoms with Gasteiger partial charge in [0.2, 0.25) is 0 Å². The van der Waals surface area contributed by atoms with Gasteiger partial charge in [0.05, 0.1) is 16.1 Å². The second-order valence-electron chi connectivity index (χ2n) is 7.96. The third-order valence-corrected chi connectivity index (χ3v) is 6.22. The molecule has 0 saturated heterocycles. The third kappa shape index (κ3) is 7.07. The van der Waals surface area contributed by atoms with Crippen LogP contribution in [0.1, 0.15) is 15.9 Å². The van der Waals surface area contributed by atoms with Gasteiger partial charge in [-0.1, -0.05) is 24.3 Å². The van der Waals surface area contributed by atoms with Crippen LogP contribution in [-0.2, 0) is 16.3 Å². The van der Waals surface area contributed by atoms with Crippen LogP contribution >= 0.6 is 0 Å². The number of carbonyl (C=O) groups excluding carboxylic acids is 2. The van der Waals surface area contributed by atoms with E-state index in [9.17, 15) is 40.8 Å². The first-order valence-electron chi connectivity index (χ1n) is 10.7. The monoisotopic (exact) mass is 567 g/mol. The molecule has 4 aromatic rings. The van der Waals surface area contributed by atoms with Crippen LogP contribution in [0.25, 0.3) is 10.8 Å². The zero-order valence-corrected chi connectivity index (χ0v) is 22.9. The molecule has 0 aliphatic carbocycles. The van der Waals surface area contributed by atoms with E-state index in [0.717, 1.165) is 30.3 Å². The molecule has 3 amide bonds. The molecule has 0 bridgehead atoms. The second-order valence-corrected chi connectivity index (χ2v) is 9.31. The molecule has 0 heterocycles. The third-order valence-electron chi connectivity index (χ3n) is 5.33. The van der Waals surface area contributed by atoms with Crippen molar-refractivity contribution in [3.05, 3.63) is 90.0 Å². The summed E-state index contributed by atoms with van der Waals surface area (Å²) in [5.74, 6) is -1.07. The first-order chi connectivity index (χ1) is 17.8. The summed E-state index contributed by atoms with van der Waals surface area (Å²) in [4.78, 5) is 24.6. The summed E-state index contributed by atoms with van der Waals surface area (Å²) in [6.07, 6.45) is -4.58. The van der Waals surface area contributed by atoms with Gasteiger partial charge in [0.25, 0.3) is 5.91 Å². The minimum Gasteiger partial charge on any atom is -0.744 e. The van der Waals surface area contributed by atoms with Crippen molar-refractivity contribution in [1.29, 1.82) is 0 Å². The fourth-order valence-corrected chi connectivity index (χ4v) is 4.36. The summed E-state index contributed by atoms with van der Waals surface area (Å²) in [5.41, 5.74) is -0.820. The van der Waals surface area contributed by atoms with E-state index in [1.54, 1.807) is 0 Å².